The largest absolute Gasteiger partial charge is 0.391 e. The van der Waals surface area contributed by atoms with Crippen LogP contribution in [0.25, 0.3) is 0 Å². The van der Waals surface area contributed by atoms with Gasteiger partial charge in [-0.1, -0.05) is 0 Å². The average molecular weight is 188 g/mol. The molecule has 0 aromatic carbocycles. The molecule has 1 heterocycles. The summed E-state index contributed by atoms with van der Waals surface area (Å²) in [4.78, 5) is 11.3. The van der Waals surface area contributed by atoms with Crippen molar-refractivity contribution in [2.75, 3.05) is 26.7 Å². The van der Waals surface area contributed by atoms with E-state index in [1.807, 2.05) is 7.05 Å². The third kappa shape index (κ3) is 2.07. The molecule has 1 fully saturated rings. The number of quaternary nitrogens is 1. The number of hydrogen-bond donors (Lipinski definition) is 2. The van der Waals surface area contributed by atoms with E-state index in [1.54, 1.807) is 6.92 Å². The van der Waals surface area contributed by atoms with Gasteiger partial charge < -0.3 is 14.7 Å². The van der Waals surface area contributed by atoms with Crippen molar-refractivity contribution in [1.29, 1.82) is 0 Å². The van der Waals surface area contributed by atoms with E-state index in [0.717, 1.165) is 0 Å². The quantitative estimate of drug-likeness (QED) is 0.567. The summed E-state index contributed by atoms with van der Waals surface area (Å²) in [5.41, 5.74) is 0. The lowest BCUT2D eigenvalue weighted by molar-refractivity contribution is -0.913. The van der Waals surface area contributed by atoms with Crippen LogP contribution in [0, 0.1) is 0 Å². The molecular formula is C9H18NO3+. The molecule has 0 spiro atoms. The molecule has 0 bridgehead atoms. The van der Waals surface area contributed by atoms with Gasteiger partial charge in [0.2, 0.25) is 0 Å². The smallest absolute Gasteiger partial charge is 0.186 e. The summed E-state index contributed by atoms with van der Waals surface area (Å²) >= 11 is 0. The Bertz CT molecular complexity index is 207. The molecular weight excluding hydrogens is 170 g/mol. The van der Waals surface area contributed by atoms with E-state index in [4.69, 9.17) is 5.11 Å². The monoisotopic (exact) mass is 188 g/mol. The van der Waals surface area contributed by atoms with Crippen LogP contribution in [-0.4, -0.2) is 59.4 Å². The number of nitrogens with zero attached hydrogens (tertiary/aromatic N) is 1. The summed E-state index contributed by atoms with van der Waals surface area (Å²) < 4.78 is 0.479. The summed E-state index contributed by atoms with van der Waals surface area (Å²) in [5.74, 6) is 0.104. The van der Waals surface area contributed by atoms with Gasteiger partial charge in [0.05, 0.1) is 13.7 Å². The lowest BCUT2D eigenvalue weighted by atomic mass is 10.1. The van der Waals surface area contributed by atoms with E-state index >= 15 is 0 Å². The molecule has 3 atom stereocenters. The SMILES string of the molecule is CC(=O)[C@@H]1C[C@@H](O)C[N+]1(C)CCO. The zero-order valence-electron chi connectivity index (χ0n) is 8.23. The molecule has 0 aromatic rings. The molecule has 1 unspecified atom stereocenters. The normalized spacial score (nSPS) is 39.4. The van der Waals surface area contributed by atoms with E-state index in [9.17, 15) is 9.90 Å². The van der Waals surface area contributed by atoms with Gasteiger partial charge in [-0.15, -0.1) is 0 Å². The van der Waals surface area contributed by atoms with Crippen molar-refractivity contribution in [2.24, 2.45) is 0 Å². The van der Waals surface area contributed by atoms with Crippen molar-refractivity contribution in [3.8, 4) is 0 Å². The zero-order chi connectivity index (χ0) is 10.1. The van der Waals surface area contributed by atoms with Crippen molar-refractivity contribution >= 4 is 5.78 Å². The fourth-order valence-corrected chi connectivity index (χ4v) is 2.28. The number of likely N-dealkylation sites (tertiary alicyclic amines) is 1. The Kier molecular flexibility index (Phi) is 3.05. The Morgan fingerprint density at radius 2 is 2.23 bits per heavy atom. The number of carbonyl (C=O) groups is 1. The minimum Gasteiger partial charge on any atom is -0.391 e. The van der Waals surface area contributed by atoms with Gasteiger partial charge in [-0.2, -0.15) is 0 Å². The average Bonchev–Trinajstić information content (AvgIpc) is 2.26. The molecule has 1 aliphatic rings. The summed E-state index contributed by atoms with van der Waals surface area (Å²) in [7, 11) is 1.92. The van der Waals surface area contributed by atoms with Crippen LogP contribution in [0.4, 0.5) is 0 Å². The highest BCUT2D eigenvalue weighted by Gasteiger charge is 2.45. The summed E-state index contributed by atoms with van der Waals surface area (Å²) in [6, 6.07) is -0.137. The van der Waals surface area contributed by atoms with Gasteiger partial charge in [0.15, 0.2) is 11.8 Å². The standard InChI is InChI=1S/C9H18NO3/c1-7(12)9-5-8(13)6-10(9,2)3-4-11/h8-9,11,13H,3-6H2,1-2H3/q+1/t8-,9+,10?/m1/s1. The fraction of sp³-hybridized carbons (Fsp3) is 0.889. The lowest BCUT2D eigenvalue weighted by Crippen LogP contribution is -2.53. The molecule has 1 aliphatic heterocycles. The first-order valence-corrected chi connectivity index (χ1v) is 4.63. The Hall–Kier alpha value is -0.450. The Labute approximate surface area is 78.4 Å². The van der Waals surface area contributed by atoms with Crippen LogP contribution in [0.3, 0.4) is 0 Å². The summed E-state index contributed by atoms with van der Waals surface area (Å²) in [6.07, 6.45) is 0.136. The predicted molar refractivity (Wildman–Crippen MR) is 48.1 cm³/mol. The number of aliphatic hydroxyl groups excluding tert-OH is 2. The van der Waals surface area contributed by atoms with Gasteiger partial charge in [0.25, 0.3) is 0 Å². The summed E-state index contributed by atoms with van der Waals surface area (Å²) in [6.45, 7) is 2.73. The molecule has 2 N–H and O–H groups in total. The van der Waals surface area contributed by atoms with Crippen LogP contribution < -0.4 is 0 Å². The first-order valence-electron chi connectivity index (χ1n) is 4.63. The number of carbonyl (C=O) groups excluding carboxylic acids is 1. The third-order valence-corrected chi connectivity index (χ3v) is 2.96. The van der Waals surface area contributed by atoms with Gasteiger partial charge in [0, 0.05) is 13.3 Å². The second kappa shape index (κ2) is 3.74. The molecule has 13 heavy (non-hydrogen) atoms. The molecule has 76 valence electrons. The van der Waals surface area contributed by atoms with Crippen LogP contribution in [0.1, 0.15) is 13.3 Å². The minimum atomic E-state index is -0.398. The van der Waals surface area contributed by atoms with E-state index < -0.39 is 6.10 Å². The van der Waals surface area contributed by atoms with Gasteiger partial charge in [-0.25, -0.2) is 0 Å². The molecule has 1 saturated heterocycles. The van der Waals surface area contributed by atoms with Crippen LogP contribution in [0.5, 0.6) is 0 Å². The number of aliphatic hydroxyl groups is 2. The van der Waals surface area contributed by atoms with Crippen LogP contribution in [-0.2, 0) is 4.79 Å². The highest BCUT2D eigenvalue weighted by atomic mass is 16.3. The maximum absolute atomic E-state index is 11.3. The van der Waals surface area contributed by atoms with Crippen molar-refractivity contribution in [1.82, 2.24) is 0 Å². The Morgan fingerprint density at radius 3 is 2.69 bits per heavy atom. The van der Waals surface area contributed by atoms with Crippen LogP contribution in [0.15, 0.2) is 0 Å². The van der Waals surface area contributed by atoms with Gasteiger partial charge in [0.1, 0.15) is 19.2 Å². The molecule has 0 aromatic heterocycles. The molecule has 0 amide bonds. The predicted octanol–water partition coefficient (Wildman–Crippen LogP) is -0.852. The molecule has 1 rings (SSSR count). The number of likely N-dealkylation sites (N-methyl/N-ethyl adjacent to an activating group) is 1. The maximum atomic E-state index is 11.3. The highest BCUT2D eigenvalue weighted by Crippen LogP contribution is 2.25. The van der Waals surface area contributed by atoms with E-state index in [2.05, 4.69) is 0 Å². The molecule has 0 radical (unpaired) electrons. The summed E-state index contributed by atoms with van der Waals surface area (Å²) in [5, 5.41) is 18.3. The second-order valence-corrected chi connectivity index (χ2v) is 4.13. The number of ketones is 1. The molecule has 0 aliphatic carbocycles. The topological polar surface area (TPSA) is 57.5 Å². The van der Waals surface area contributed by atoms with Crippen LogP contribution in [0.2, 0.25) is 0 Å². The first-order chi connectivity index (χ1) is 5.99. The van der Waals surface area contributed by atoms with E-state index in [1.165, 1.54) is 0 Å². The lowest BCUT2D eigenvalue weighted by Gasteiger charge is -2.33. The maximum Gasteiger partial charge on any atom is 0.186 e. The fourth-order valence-electron chi connectivity index (χ4n) is 2.28. The van der Waals surface area contributed by atoms with Gasteiger partial charge in [-0.3, -0.25) is 4.79 Å². The van der Waals surface area contributed by atoms with Crippen molar-refractivity contribution in [3.63, 3.8) is 0 Å². The van der Waals surface area contributed by atoms with Crippen LogP contribution >= 0.6 is 0 Å². The molecule has 0 saturated carbocycles. The Balaban J connectivity index is 2.75. The molecule has 4 nitrogen and oxygen atoms in total. The van der Waals surface area contributed by atoms with Gasteiger partial charge >= 0.3 is 0 Å². The number of hydrogen-bond acceptors (Lipinski definition) is 3. The van der Waals surface area contributed by atoms with Gasteiger partial charge in [-0.05, 0) is 0 Å². The highest BCUT2D eigenvalue weighted by molar-refractivity contribution is 5.80. The van der Waals surface area contributed by atoms with E-state index in [0.29, 0.717) is 24.0 Å². The zero-order valence-corrected chi connectivity index (χ0v) is 8.23. The second-order valence-electron chi connectivity index (χ2n) is 4.13. The number of Topliss-reactive ketones (excluding diaryl/α,β-unsaturated/α-hetero) is 1. The minimum absolute atomic E-state index is 0.0625. The third-order valence-electron chi connectivity index (χ3n) is 2.96. The van der Waals surface area contributed by atoms with Crippen molar-refractivity contribution in [3.05, 3.63) is 0 Å². The Morgan fingerprint density at radius 1 is 1.62 bits per heavy atom. The van der Waals surface area contributed by atoms with E-state index in [-0.39, 0.29) is 18.4 Å². The first kappa shape index (κ1) is 10.6. The van der Waals surface area contributed by atoms with Crippen molar-refractivity contribution in [2.45, 2.75) is 25.5 Å². The van der Waals surface area contributed by atoms with Crippen molar-refractivity contribution < 1.29 is 19.5 Å². The molecule has 4 heteroatoms. The number of rotatable bonds is 3.